The van der Waals surface area contributed by atoms with Gasteiger partial charge in [-0.25, -0.2) is 4.98 Å². The SMILES string of the molecule is C/C=C/CC(=O)N[C@@H]1CCCN(c2cnccn2)C1. The van der Waals surface area contributed by atoms with Crippen LogP contribution in [0.1, 0.15) is 26.2 Å². The third-order valence-electron chi connectivity index (χ3n) is 3.20. The molecule has 0 unspecified atom stereocenters. The second kappa shape index (κ2) is 6.87. The van der Waals surface area contributed by atoms with Gasteiger partial charge in [-0.05, 0) is 19.8 Å². The molecule has 5 nitrogen and oxygen atoms in total. The van der Waals surface area contributed by atoms with Crippen molar-refractivity contribution in [3.63, 3.8) is 0 Å². The lowest BCUT2D eigenvalue weighted by Crippen LogP contribution is -2.48. The van der Waals surface area contributed by atoms with Crippen LogP contribution in [0.3, 0.4) is 0 Å². The maximum Gasteiger partial charge on any atom is 0.224 e. The van der Waals surface area contributed by atoms with E-state index in [9.17, 15) is 4.79 Å². The van der Waals surface area contributed by atoms with Crippen LogP contribution in [0.15, 0.2) is 30.7 Å². The average Bonchev–Trinajstić information content (AvgIpc) is 2.46. The highest BCUT2D eigenvalue weighted by Crippen LogP contribution is 2.16. The van der Waals surface area contributed by atoms with Crippen molar-refractivity contribution in [2.24, 2.45) is 0 Å². The average molecular weight is 260 g/mol. The van der Waals surface area contributed by atoms with Gasteiger partial charge in [-0.3, -0.25) is 9.78 Å². The summed E-state index contributed by atoms with van der Waals surface area (Å²) in [4.78, 5) is 22.3. The summed E-state index contributed by atoms with van der Waals surface area (Å²) in [5.74, 6) is 0.971. The van der Waals surface area contributed by atoms with Crippen LogP contribution >= 0.6 is 0 Å². The molecule has 0 saturated carbocycles. The van der Waals surface area contributed by atoms with Gasteiger partial charge in [0.2, 0.25) is 5.91 Å². The third kappa shape index (κ3) is 4.05. The van der Waals surface area contributed by atoms with Gasteiger partial charge in [0, 0.05) is 37.9 Å². The number of amides is 1. The molecule has 1 aromatic rings. The molecule has 1 atom stereocenters. The minimum absolute atomic E-state index is 0.0871. The first-order valence-electron chi connectivity index (χ1n) is 6.71. The first kappa shape index (κ1) is 13.5. The molecule has 1 aliphatic rings. The van der Waals surface area contributed by atoms with Crippen molar-refractivity contribution >= 4 is 11.7 Å². The number of allylic oxidation sites excluding steroid dienone is 1. The number of anilines is 1. The lowest BCUT2D eigenvalue weighted by Gasteiger charge is -2.33. The van der Waals surface area contributed by atoms with Crippen molar-refractivity contribution in [2.75, 3.05) is 18.0 Å². The largest absolute Gasteiger partial charge is 0.353 e. The van der Waals surface area contributed by atoms with E-state index in [1.54, 1.807) is 18.6 Å². The van der Waals surface area contributed by atoms with Crippen molar-refractivity contribution in [1.82, 2.24) is 15.3 Å². The van der Waals surface area contributed by atoms with Gasteiger partial charge in [0.1, 0.15) is 5.82 Å². The molecule has 1 N–H and O–H groups in total. The molecule has 102 valence electrons. The van der Waals surface area contributed by atoms with E-state index >= 15 is 0 Å². The molecule has 19 heavy (non-hydrogen) atoms. The second-order valence-corrected chi connectivity index (χ2v) is 4.69. The molecule has 1 fully saturated rings. The summed E-state index contributed by atoms with van der Waals surface area (Å²) in [5.41, 5.74) is 0. The van der Waals surface area contributed by atoms with E-state index in [4.69, 9.17) is 0 Å². The highest BCUT2D eigenvalue weighted by atomic mass is 16.1. The highest BCUT2D eigenvalue weighted by molar-refractivity contribution is 5.77. The number of carbonyl (C=O) groups is 1. The van der Waals surface area contributed by atoms with E-state index < -0.39 is 0 Å². The van der Waals surface area contributed by atoms with Crippen LogP contribution in [0.4, 0.5) is 5.82 Å². The Labute approximate surface area is 113 Å². The number of aromatic nitrogens is 2. The zero-order valence-corrected chi connectivity index (χ0v) is 11.2. The summed E-state index contributed by atoms with van der Waals surface area (Å²) in [7, 11) is 0. The topological polar surface area (TPSA) is 58.1 Å². The van der Waals surface area contributed by atoms with Gasteiger partial charge in [-0.2, -0.15) is 0 Å². The Morgan fingerprint density at radius 1 is 1.58 bits per heavy atom. The quantitative estimate of drug-likeness (QED) is 0.834. The fraction of sp³-hybridized carbons (Fsp3) is 0.500. The van der Waals surface area contributed by atoms with E-state index in [0.29, 0.717) is 6.42 Å². The molecular weight excluding hydrogens is 240 g/mol. The summed E-state index contributed by atoms with van der Waals surface area (Å²) < 4.78 is 0. The summed E-state index contributed by atoms with van der Waals surface area (Å²) in [6.07, 6.45) is 11.4. The Morgan fingerprint density at radius 2 is 2.47 bits per heavy atom. The van der Waals surface area contributed by atoms with Crippen LogP contribution in [-0.2, 0) is 4.79 Å². The molecule has 0 bridgehead atoms. The molecule has 1 amide bonds. The zero-order chi connectivity index (χ0) is 13.5. The van der Waals surface area contributed by atoms with E-state index in [1.165, 1.54) is 0 Å². The minimum atomic E-state index is 0.0871. The number of hydrogen-bond donors (Lipinski definition) is 1. The van der Waals surface area contributed by atoms with Gasteiger partial charge in [0.05, 0.1) is 6.20 Å². The van der Waals surface area contributed by atoms with Crippen molar-refractivity contribution in [3.05, 3.63) is 30.7 Å². The van der Waals surface area contributed by atoms with Crippen LogP contribution < -0.4 is 10.2 Å². The standard InChI is InChI=1S/C14H20N4O/c1-2-3-6-14(19)17-12-5-4-9-18(11-12)13-10-15-7-8-16-13/h2-3,7-8,10,12H,4-6,9,11H2,1H3,(H,17,19)/b3-2+/t12-/m1/s1. The van der Waals surface area contributed by atoms with Gasteiger partial charge in [-0.15, -0.1) is 0 Å². The van der Waals surface area contributed by atoms with Crippen LogP contribution in [0.2, 0.25) is 0 Å². The number of nitrogens with zero attached hydrogens (tertiary/aromatic N) is 3. The second-order valence-electron chi connectivity index (χ2n) is 4.69. The Morgan fingerprint density at radius 3 is 3.21 bits per heavy atom. The zero-order valence-electron chi connectivity index (χ0n) is 11.2. The molecule has 0 spiro atoms. The van der Waals surface area contributed by atoms with E-state index in [2.05, 4.69) is 20.2 Å². The Kier molecular flexibility index (Phi) is 4.89. The Bertz CT molecular complexity index is 432. The van der Waals surface area contributed by atoms with Crippen LogP contribution in [0, 0.1) is 0 Å². The van der Waals surface area contributed by atoms with Crippen LogP contribution in [0.5, 0.6) is 0 Å². The third-order valence-corrected chi connectivity index (χ3v) is 3.20. The summed E-state index contributed by atoms with van der Waals surface area (Å²) >= 11 is 0. The molecule has 1 aromatic heterocycles. The molecule has 2 rings (SSSR count). The lowest BCUT2D eigenvalue weighted by atomic mass is 10.1. The predicted octanol–water partition coefficient (Wildman–Crippen LogP) is 1.53. The van der Waals surface area contributed by atoms with Crippen molar-refractivity contribution in [1.29, 1.82) is 0 Å². The van der Waals surface area contributed by atoms with Crippen molar-refractivity contribution < 1.29 is 4.79 Å². The molecule has 1 aliphatic heterocycles. The van der Waals surface area contributed by atoms with Gasteiger partial charge < -0.3 is 10.2 Å². The van der Waals surface area contributed by atoms with Gasteiger partial charge >= 0.3 is 0 Å². The molecular formula is C14H20N4O. The van der Waals surface area contributed by atoms with Gasteiger partial charge in [0.15, 0.2) is 0 Å². The highest BCUT2D eigenvalue weighted by Gasteiger charge is 2.21. The molecule has 0 aliphatic carbocycles. The first-order valence-corrected chi connectivity index (χ1v) is 6.71. The summed E-state index contributed by atoms with van der Waals surface area (Å²) in [6.45, 7) is 3.70. The first-order chi connectivity index (χ1) is 9.29. The number of hydrogen-bond acceptors (Lipinski definition) is 4. The van der Waals surface area contributed by atoms with Crippen molar-refractivity contribution in [2.45, 2.75) is 32.2 Å². The number of piperidine rings is 1. The normalized spacial score (nSPS) is 19.6. The minimum Gasteiger partial charge on any atom is -0.353 e. The van der Waals surface area contributed by atoms with Gasteiger partial charge in [0.25, 0.3) is 0 Å². The van der Waals surface area contributed by atoms with Crippen molar-refractivity contribution in [3.8, 4) is 0 Å². The Balaban J connectivity index is 1.89. The predicted molar refractivity (Wildman–Crippen MR) is 74.8 cm³/mol. The number of carbonyl (C=O) groups excluding carboxylic acids is 1. The Hall–Kier alpha value is -1.91. The smallest absolute Gasteiger partial charge is 0.224 e. The summed E-state index contributed by atoms with van der Waals surface area (Å²) in [6, 6.07) is 0.202. The summed E-state index contributed by atoms with van der Waals surface area (Å²) in [5, 5.41) is 3.07. The monoisotopic (exact) mass is 260 g/mol. The molecule has 5 heteroatoms. The van der Waals surface area contributed by atoms with E-state index in [1.807, 2.05) is 19.1 Å². The van der Waals surface area contributed by atoms with Crippen LogP contribution in [-0.4, -0.2) is 35.0 Å². The maximum atomic E-state index is 11.7. The number of nitrogens with one attached hydrogen (secondary N) is 1. The van der Waals surface area contributed by atoms with Crippen LogP contribution in [0.25, 0.3) is 0 Å². The van der Waals surface area contributed by atoms with Gasteiger partial charge in [-0.1, -0.05) is 12.2 Å². The fourth-order valence-electron chi connectivity index (χ4n) is 2.27. The van der Waals surface area contributed by atoms with E-state index in [0.717, 1.165) is 31.7 Å². The molecule has 1 saturated heterocycles. The van der Waals surface area contributed by atoms with E-state index in [-0.39, 0.29) is 11.9 Å². The number of rotatable bonds is 4. The maximum absolute atomic E-state index is 11.7. The lowest BCUT2D eigenvalue weighted by molar-refractivity contribution is -0.121. The fourth-order valence-corrected chi connectivity index (χ4v) is 2.27. The molecule has 0 aromatic carbocycles. The molecule has 0 radical (unpaired) electrons. The molecule has 2 heterocycles.